The number of carbonyl (C=O) groups is 1. The summed E-state index contributed by atoms with van der Waals surface area (Å²) in [7, 11) is -1.54. The number of nitrogens with one attached hydrogen (secondary N) is 1. The van der Waals surface area contributed by atoms with Crippen LogP contribution in [-0.4, -0.2) is 27.8 Å². The Bertz CT molecular complexity index is 1120. The number of rotatable bonds is 5. The number of carbonyl (C=O) groups excluding carboxylic acids is 1. The smallest absolute Gasteiger partial charge is 0.374 e. The molecule has 0 bridgehead atoms. The lowest BCUT2D eigenvalue weighted by atomic mass is 9.86. The maximum absolute atomic E-state index is 14.1. The summed E-state index contributed by atoms with van der Waals surface area (Å²) >= 11 is 11.4. The Balaban J connectivity index is 1.95. The molecule has 1 amide bonds. The second kappa shape index (κ2) is 8.99. The zero-order chi connectivity index (χ0) is 23.8. The van der Waals surface area contributed by atoms with Crippen LogP contribution >= 0.6 is 23.2 Å². The number of alkyl halides is 3. The van der Waals surface area contributed by atoms with Crippen LogP contribution in [0, 0.1) is 12.7 Å². The molecule has 3 rings (SSSR count). The van der Waals surface area contributed by atoms with Crippen LogP contribution in [0.15, 0.2) is 35.5 Å². The van der Waals surface area contributed by atoms with E-state index >= 15 is 0 Å². The van der Waals surface area contributed by atoms with Gasteiger partial charge in [-0.15, -0.1) is 0 Å². The summed E-state index contributed by atoms with van der Waals surface area (Å²) < 4.78 is 69.9. The molecule has 1 aliphatic rings. The molecular formula is C20H16Cl2F4N2O3S. The predicted octanol–water partition coefficient (Wildman–Crippen LogP) is 5.44. The maximum atomic E-state index is 14.1. The molecule has 172 valence electrons. The molecular weight excluding hydrogens is 495 g/mol. The first-order valence-electron chi connectivity index (χ1n) is 9.16. The van der Waals surface area contributed by atoms with Crippen molar-refractivity contribution < 1.29 is 31.4 Å². The van der Waals surface area contributed by atoms with E-state index in [0.717, 1.165) is 12.1 Å². The van der Waals surface area contributed by atoms with E-state index in [0.29, 0.717) is 11.1 Å². The zero-order valence-corrected chi connectivity index (χ0v) is 19.0. The molecule has 0 radical (unpaired) electrons. The van der Waals surface area contributed by atoms with E-state index in [2.05, 4.69) is 9.88 Å². The molecule has 12 heteroatoms. The standard InChI is InChI=1S/C20H16Cl2F4N2O3S/c1-3-32(30)28-18(29)13-5-4-11(6-10(13)2)16-9-19(31-27-16,20(24,25)26)12-7-14(21)17(23)15(22)8-12/h4-8H,3,9H2,1-2H3,(H,28,29). The molecule has 2 aromatic carbocycles. The van der Waals surface area contributed by atoms with Crippen molar-refractivity contribution in [3.63, 3.8) is 0 Å². The molecule has 2 atom stereocenters. The number of hydrogen-bond donors (Lipinski definition) is 1. The van der Waals surface area contributed by atoms with Crippen LogP contribution in [0.25, 0.3) is 0 Å². The van der Waals surface area contributed by atoms with Gasteiger partial charge in [-0.25, -0.2) is 8.60 Å². The van der Waals surface area contributed by atoms with Gasteiger partial charge in [-0.2, -0.15) is 13.2 Å². The molecule has 5 nitrogen and oxygen atoms in total. The Morgan fingerprint density at radius 3 is 2.41 bits per heavy atom. The fourth-order valence-corrected chi connectivity index (χ4v) is 4.12. The number of hydrogen-bond acceptors (Lipinski definition) is 4. The van der Waals surface area contributed by atoms with Crippen molar-refractivity contribution in [3.05, 3.63) is 68.4 Å². The number of amides is 1. The average Bonchev–Trinajstić information content (AvgIpc) is 3.18. The predicted molar refractivity (Wildman–Crippen MR) is 114 cm³/mol. The Morgan fingerprint density at radius 2 is 1.88 bits per heavy atom. The summed E-state index contributed by atoms with van der Waals surface area (Å²) in [4.78, 5) is 17.1. The minimum Gasteiger partial charge on any atom is -0.374 e. The van der Waals surface area contributed by atoms with Gasteiger partial charge in [0, 0.05) is 23.3 Å². The zero-order valence-electron chi connectivity index (χ0n) is 16.6. The van der Waals surface area contributed by atoms with Gasteiger partial charge in [0.2, 0.25) is 0 Å². The highest BCUT2D eigenvalue weighted by Gasteiger charge is 2.62. The highest BCUT2D eigenvalue weighted by atomic mass is 35.5. The summed E-state index contributed by atoms with van der Waals surface area (Å²) in [5.41, 5.74) is -2.49. The lowest BCUT2D eigenvalue weighted by Crippen LogP contribution is -2.42. The van der Waals surface area contributed by atoms with Gasteiger partial charge in [-0.05, 0) is 42.3 Å². The molecule has 0 saturated carbocycles. The SMILES string of the molecule is CCS(=O)NC(=O)c1ccc(C2=NOC(c3cc(Cl)c(F)c(Cl)c3)(C(F)(F)F)C2)cc1C. The first-order valence-corrected chi connectivity index (χ1v) is 11.2. The van der Waals surface area contributed by atoms with Gasteiger partial charge < -0.3 is 4.84 Å². The van der Waals surface area contributed by atoms with Crippen molar-refractivity contribution in [1.29, 1.82) is 0 Å². The molecule has 1 N–H and O–H groups in total. The molecule has 0 aromatic heterocycles. The third kappa shape index (κ3) is 4.49. The topological polar surface area (TPSA) is 67.8 Å². The maximum Gasteiger partial charge on any atom is 0.435 e. The molecule has 0 aliphatic carbocycles. The molecule has 1 heterocycles. The van der Waals surface area contributed by atoms with Crippen molar-refractivity contribution in [2.45, 2.75) is 32.0 Å². The lowest BCUT2D eigenvalue weighted by Gasteiger charge is -2.29. The highest BCUT2D eigenvalue weighted by molar-refractivity contribution is 7.83. The van der Waals surface area contributed by atoms with Gasteiger partial charge in [0.1, 0.15) is 11.0 Å². The van der Waals surface area contributed by atoms with E-state index in [4.69, 9.17) is 28.0 Å². The van der Waals surface area contributed by atoms with Gasteiger partial charge >= 0.3 is 6.18 Å². The van der Waals surface area contributed by atoms with E-state index in [1.807, 2.05) is 0 Å². The van der Waals surface area contributed by atoms with Gasteiger partial charge in [0.15, 0.2) is 5.82 Å². The fraction of sp³-hybridized carbons (Fsp3) is 0.300. The van der Waals surface area contributed by atoms with Crippen LogP contribution in [0.4, 0.5) is 17.6 Å². The van der Waals surface area contributed by atoms with Crippen LogP contribution in [0.2, 0.25) is 10.0 Å². The van der Waals surface area contributed by atoms with Crippen molar-refractivity contribution in [2.75, 3.05) is 5.75 Å². The molecule has 0 fully saturated rings. The van der Waals surface area contributed by atoms with E-state index in [1.165, 1.54) is 18.2 Å². The van der Waals surface area contributed by atoms with E-state index in [1.54, 1.807) is 13.8 Å². The molecule has 0 spiro atoms. The fourth-order valence-electron chi connectivity index (χ4n) is 3.18. The normalized spacial score (nSPS) is 19.3. The summed E-state index contributed by atoms with van der Waals surface area (Å²) in [6.07, 6.45) is -5.65. The third-order valence-corrected chi connectivity index (χ3v) is 6.40. The number of oxime groups is 1. The highest BCUT2D eigenvalue weighted by Crippen LogP contribution is 2.50. The van der Waals surface area contributed by atoms with Crippen molar-refractivity contribution in [1.82, 2.24) is 4.72 Å². The van der Waals surface area contributed by atoms with Gasteiger partial charge in [-0.3, -0.25) is 9.52 Å². The molecule has 32 heavy (non-hydrogen) atoms. The summed E-state index contributed by atoms with van der Waals surface area (Å²) in [6.45, 7) is 3.22. The minimum atomic E-state index is -4.93. The second-order valence-corrected chi connectivity index (χ2v) is 9.27. The van der Waals surface area contributed by atoms with Crippen LogP contribution in [0.3, 0.4) is 0 Å². The third-order valence-electron chi connectivity index (χ3n) is 4.91. The van der Waals surface area contributed by atoms with Crippen LogP contribution in [0.1, 0.15) is 40.4 Å². The quantitative estimate of drug-likeness (QED) is 0.430. The van der Waals surface area contributed by atoms with E-state index in [-0.39, 0.29) is 17.0 Å². The number of benzene rings is 2. The van der Waals surface area contributed by atoms with E-state index < -0.39 is 56.5 Å². The van der Waals surface area contributed by atoms with Gasteiger partial charge in [0.05, 0.1) is 15.8 Å². The number of nitrogens with zero attached hydrogens (tertiary/aromatic N) is 1. The van der Waals surface area contributed by atoms with Gasteiger partial charge in [-0.1, -0.05) is 41.3 Å². The summed E-state index contributed by atoms with van der Waals surface area (Å²) in [5.74, 6) is -1.38. The average molecular weight is 511 g/mol. The monoisotopic (exact) mass is 510 g/mol. The first-order chi connectivity index (χ1) is 14.9. The van der Waals surface area contributed by atoms with Crippen molar-refractivity contribution in [3.8, 4) is 0 Å². The molecule has 2 aromatic rings. The summed E-state index contributed by atoms with van der Waals surface area (Å²) in [6, 6.07) is 5.90. The molecule has 0 saturated heterocycles. The molecule has 2 unspecified atom stereocenters. The Labute approximate surface area is 193 Å². The minimum absolute atomic E-state index is 0.0360. The Hall–Kier alpha value is -2.17. The second-order valence-electron chi connectivity index (χ2n) is 6.98. The Kier molecular flexibility index (Phi) is 6.88. The van der Waals surface area contributed by atoms with Crippen LogP contribution in [-0.2, 0) is 21.4 Å². The lowest BCUT2D eigenvalue weighted by molar-refractivity contribution is -0.275. The van der Waals surface area contributed by atoms with Crippen molar-refractivity contribution >= 4 is 45.8 Å². The van der Waals surface area contributed by atoms with Crippen LogP contribution < -0.4 is 4.72 Å². The molecule has 1 aliphatic heterocycles. The Morgan fingerprint density at radius 1 is 1.25 bits per heavy atom. The number of aryl methyl sites for hydroxylation is 1. The van der Waals surface area contributed by atoms with Gasteiger partial charge in [0.25, 0.3) is 11.5 Å². The summed E-state index contributed by atoms with van der Waals surface area (Å²) in [5, 5.41) is 2.47. The van der Waals surface area contributed by atoms with Crippen LogP contribution in [0.5, 0.6) is 0 Å². The van der Waals surface area contributed by atoms with Crippen molar-refractivity contribution in [2.24, 2.45) is 5.16 Å². The first kappa shape index (κ1) is 24.5. The van der Waals surface area contributed by atoms with E-state index in [9.17, 15) is 26.6 Å². The number of halogens is 6. The largest absolute Gasteiger partial charge is 0.435 e.